The molecule has 0 saturated carbocycles. The van der Waals surface area contributed by atoms with Gasteiger partial charge in [-0.05, 0) is 48.6 Å². The molecule has 3 rings (SSSR count). The standard InChI is InChI=1S/C21H23N5O2S/c1-27-13-12-22-21(29)24-23-14-17-15-26(18-6-4-3-5-7-18)25-20(17)16-8-10-19(28-2)11-9-16/h3-11,14-15H,12-13H2,1-2H3,(H2,22,24,29)/b23-14+. The Morgan fingerprint density at radius 1 is 1.14 bits per heavy atom. The zero-order chi connectivity index (χ0) is 20.5. The summed E-state index contributed by atoms with van der Waals surface area (Å²) in [4.78, 5) is 0. The van der Waals surface area contributed by atoms with Gasteiger partial charge in [0.1, 0.15) is 11.4 Å². The minimum absolute atomic E-state index is 0.430. The second-order valence-electron chi connectivity index (χ2n) is 6.06. The molecule has 2 N–H and O–H groups in total. The maximum Gasteiger partial charge on any atom is 0.187 e. The van der Waals surface area contributed by atoms with E-state index in [0.717, 1.165) is 28.3 Å². The summed E-state index contributed by atoms with van der Waals surface area (Å²) in [6, 6.07) is 17.7. The van der Waals surface area contributed by atoms with Crippen molar-refractivity contribution in [3.8, 4) is 22.7 Å². The first-order valence-electron chi connectivity index (χ1n) is 9.06. The van der Waals surface area contributed by atoms with Crippen LogP contribution in [0.25, 0.3) is 16.9 Å². The smallest absolute Gasteiger partial charge is 0.187 e. The fourth-order valence-corrected chi connectivity index (χ4v) is 2.79. The molecule has 0 amide bonds. The summed E-state index contributed by atoms with van der Waals surface area (Å²) < 4.78 is 12.1. The third-order valence-electron chi connectivity index (χ3n) is 4.09. The van der Waals surface area contributed by atoms with Gasteiger partial charge < -0.3 is 14.8 Å². The Hall–Kier alpha value is -3.23. The van der Waals surface area contributed by atoms with E-state index in [1.807, 2.05) is 65.5 Å². The van der Waals surface area contributed by atoms with Gasteiger partial charge in [0, 0.05) is 31.0 Å². The third-order valence-corrected chi connectivity index (χ3v) is 4.32. The molecular weight excluding hydrogens is 386 g/mol. The number of methoxy groups -OCH3 is 2. The van der Waals surface area contributed by atoms with Crippen molar-refractivity contribution in [3.63, 3.8) is 0 Å². The molecule has 7 nitrogen and oxygen atoms in total. The monoisotopic (exact) mass is 409 g/mol. The van der Waals surface area contributed by atoms with Crippen LogP contribution >= 0.6 is 12.2 Å². The molecule has 0 radical (unpaired) electrons. The van der Waals surface area contributed by atoms with Crippen LogP contribution in [-0.2, 0) is 4.74 Å². The van der Waals surface area contributed by atoms with Crippen molar-refractivity contribution in [1.29, 1.82) is 0 Å². The van der Waals surface area contributed by atoms with Crippen molar-refractivity contribution < 1.29 is 9.47 Å². The van der Waals surface area contributed by atoms with Gasteiger partial charge in [0.15, 0.2) is 5.11 Å². The molecular formula is C21H23N5O2S. The van der Waals surface area contributed by atoms with Crippen molar-refractivity contribution in [1.82, 2.24) is 20.5 Å². The number of hydrogen-bond acceptors (Lipinski definition) is 5. The first-order chi connectivity index (χ1) is 14.2. The van der Waals surface area contributed by atoms with Crippen LogP contribution < -0.4 is 15.5 Å². The predicted octanol–water partition coefficient (Wildman–Crippen LogP) is 2.99. The molecule has 1 aromatic heterocycles. The number of nitrogens with one attached hydrogen (secondary N) is 2. The number of hydrazone groups is 1. The fourth-order valence-electron chi connectivity index (χ4n) is 2.63. The molecule has 0 atom stereocenters. The summed E-state index contributed by atoms with van der Waals surface area (Å²) in [6.45, 7) is 1.18. The summed E-state index contributed by atoms with van der Waals surface area (Å²) >= 11 is 5.19. The lowest BCUT2D eigenvalue weighted by Gasteiger charge is -2.05. The van der Waals surface area contributed by atoms with Gasteiger partial charge in [0.25, 0.3) is 0 Å². The minimum Gasteiger partial charge on any atom is -0.497 e. The maximum atomic E-state index is 5.25. The van der Waals surface area contributed by atoms with Gasteiger partial charge in [-0.25, -0.2) is 4.68 Å². The number of rotatable bonds is 8. The average molecular weight is 410 g/mol. The van der Waals surface area contributed by atoms with Crippen molar-refractivity contribution in [2.24, 2.45) is 5.10 Å². The molecule has 1 heterocycles. The molecule has 0 aliphatic carbocycles. The second kappa shape index (κ2) is 10.4. The third kappa shape index (κ3) is 5.63. The molecule has 3 aromatic rings. The van der Waals surface area contributed by atoms with Crippen LogP contribution in [0.4, 0.5) is 0 Å². The summed E-state index contributed by atoms with van der Waals surface area (Å²) in [5.41, 5.74) is 6.40. The molecule has 0 aliphatic rings. The Morgan fingerprint density at radius 2 is 1.90 bits per heavy atom. The summed E-state index contributed by atoms with van der Waals surface area (Å²) in [5.74, 6) is 0.792. The van der Waals surface area contributed by atoms with E-state index in [0.29, 0.717) is 18.3 Å². The van der Waals surface area contributed by atoms with Crippen molar-refractivity contribution in [3.05, 3.63) is 66.4 Å². The molecule has 2 aromatic carbocycles. The summed E-state index contributed by atoms with van der Waals surface area (Å²) in [7, 11) is 3.29. The van der Waals surface area contributed by atoms with E-state index in [1.54, 1.807) is 20.4 Å². The zero-order valence-corrected chi connectivity index (χ0v) is 17.1. The minimum atomic E-state index is 0.430. The number of nitrogens with zero attached hydrogens (tertiary/aromatic N) is 3. The molecule has 8 heteroatoms. The van der Waals surface area contributed by atoms with Gasteiger partial charge in [-0.1, -0.05) is 18.2 Å². The quantitative estimate of drug-likeness (QED) is 0.258. The van der Waals surface area contributed by atoms with Gasteiger partial charge in [0.2, 0.25) is 0 Å². The normalized spacial score (nSPS) is 10.8. The second-order valence-corrected chi connectivity index (χ2v) is 6.47. The van der Waals surface area contributed by atoms with Crippen molar-refractivity contribution in [2.45, 2.75) is 0 Å². The van der Waals surface area contributed by atoms with Crippen molar-refractivity contribution >= 4 is 23.5 Å². The Labute approximate surface area is 175 Å². The number of thiocarbonyl (C=S) groups is 1. The lowest BCUT2D eigenvalue weighted by Crippen LogP contribution is -2.34. The summed E-state index contributed by atoms with van der Waals surface area (Å²) in [5, 5.41) is 12.4. The number of ether oxygens (including phenoxy) is 2. The van der Waals surface area contributed by atoms with Gasteiger partial charge in [-0.3, -0.25) is 5.43 Å². The topological polar surface area (TPSA) is 72.7 Å². The fraction of sp³-hybridized carbons (Fsp3) is 0.190. The molecule has 0 fully saturated rings. The van der Waals surface area contributed by atoms with Crippen LogP contribution in [0, 0.1) is 0 Å². The van der Waals surface area contributed by atoms with Crippen LogP contribution in [-0.4, -0.2) is 48.5 Å². The molecule has 29 heavy (non-hydrogen) atoms. The maximum absolute atomic E-state index is 5.25. The highest BCUT2D eigenvalue weighted by Crippen LogP contribution is 2.24. The predicted molar refractivity (Wildman–Crippen MR) is 119 cm³/mol. The van der Waals surface area contributed by atoms with Crippen LogP contribution in [0.5, 0.6) is 5.75 Å². The van der Waals surface area contributed by atoms with E-state index in [4.69, 9.17) is 26.8 Å². The number of benzene rings is 2. The molecule has 0 spiro atoms. The van der Waals surface area contributed by atoms with Gasteiger partial charge in [-0.15, -0.1) is 0 Å². The van der Waals surface area contributed by atoms with Gasteiger partial charge in [0.05, 0.1) is 25.6 Å². The Balaban J connectivity index is 1.84. The molecule has 0 saturated heterocycles. The van der Waals surface area contributed by atoms with Gasteiger partial charge in [-0.2, -0.15) is 10.2 Å². The molecule has 0 unspecified atom stereocenters. The molecule has 0 bridgehead atoms. The first kappa shape index (κ1) is 20.5. The lowest BCUT2D eigenvalue weighted by atomic mass is 10.1. The van der Waals surface area contributed by atoms with E-state index in [-0.39, 0.29) is 0 Å². The first-order valence-corrected chi connectivity index (χ1v) is 9.47. The zero-order valence-electron chi connectivity index (χ0n) is 16.3. The van der Waals surface area contributed by atoms with Crippen LogP contribution in [0.1, 0.15) is 5.56 Å². The van der Waals surface area contributed by atoms with Crippen molar-refractivity contribution in [2.75, 3.05) is 27.4 Å². The van der Waals surface area contributed by atoms with Gasteiger partial charge >= 0.3 is 0 Å². The highest BCUT2D eigenvalue weighted by atomic mass is 32.1. The highest BCUT2D eigenvalue weighted by Gasteiger charge is 2.11. The summed E-state index contributed by atoms with van der Waals surface area (Å²) in [6.07, 6.45) is 3.64. The lowest BCUT2D eigenvalue weighted by molar-refractivity contribution is 0.204. The number of aromatic nitrogens is 2. The Bertz CT molecular complexity index is 955. The Kier molecular flexibility index (Phi) is 7.32. The highest BCUT2D eigenvalue weighted by molar-refractivity contribution is 7.80. The van der Waals surface area contributed by atoms with E-state index in [2.05, 4.69) is 15.8 Å². The van der Waals surface area contributed by atoms with Crippen LogP contribution in [0.3, 0.4) is 0 Å². The Morgan fingerprint density at radius 3 is 2.59 bits per heavy atom. The van der Waals surface area contributed by atoms with E-state index in [1.165, 1.54) is 0 Å². The largest absolute Gasteiger partial charge is 0.497 e. The molecule has 0 aliphatic heterocycles. The number of para-hydroxylation sites is 1. The number of hydrogen-bond donors (Lipinski definition) is 2. The molecule has 150 valence electrons. The van der Waals surface area contributed by atoms with Crippen LogP contribution in [0.2, 0.25) is 0 Å². The SMILES string of the molecule is COCCNC(=S)N/N=C/c1cn(-c2ccccc2)nc1-c1ccc(OC)cc1. The average Bonchev–Trinajstić information content (AvgIpc) is 3.19. The van der Waals surface area contributed by atoms with E-state index in [9.17, 15) is 0 Å². The van der Waals surface area contributed by atoms with E-state index >= 15 is 0 Å². The van der Waals surface area contributed by atoms with Crippen LogP contribution in [0.15, 0.2) is 65.9 Å². The van der Waals surface area contributed by atoms with E-state index < -0.39 is 0 Å².